The lowest BCUT2D eigenvalue weighted by molar-refractivity contribution is -0.126. The molecule has 0 spiro atoms. The second kappa shape index (κ2) is 10.8. The Morgan fingerprint density at radius 2 is 1.85 bits per heavy atom. The predicted molar refractivity (Wildman–Crippen MR) is 129 cm³/mol. The van der Waals surface area contributed by atoms with Gasteiger partial charge in [0.1, 0.15) is 5.75 Å². The number of nitrogens with zero attached hydrogens (tertiary/aromatic N) is 1. The number of rotatable bonds is 8. The second-order valence-corrected chi connectivity index (χ2v) is 9.16. The third-order valence-corrected chi connectivity index (χ3v) is 5.81. The van der Waals surface area contributed by atoms with Crippen LogP contribution in [0.5, 0.6) is 5.75 Å². The molecule has 33 heavy (non-hydrogen) atoms. The number of aliphatic hydroxyl groups is 1. The van der Waals surface area contributed by atoms with E-state index < -0.39 is 12.0 Å². The Labute approximate surface area is 201 Å². The number of hydrogen-bond donors (Lipinski definition) is 3. The van der Waals surface area contributed by atoms with Crippen LogP contribution in [0.15, 0.2) is 40.9 Å². The van der Waals surface area contributed by atoms with Crippen molar-refractivity contribution in [3.63, 3.8) is 0 Å². The quantitative estimate of drug-likeness (QED) is 0.498. The number of halogens is 1. The summed E-state index contributed by atoms with van der Waals surface area (Å²) < 4.78 is 6.54. The van der Waals surface area contributed by atoms with Crippen LogP contribution < -0.4 is 20.3 Å². The van der Waals surface area contributed by atoms with Crippen molar-refractivity contribution in [2.75, 3.05) is 29.9 Å². The molecule has 3 rings (SSSR count). The van der Waals surface area contributed by atoms with Crippen LogP contribution in [-0.2, 0) is 14.4 Å². The smallest absolute Gasteiger partial charge is 0.262 e. The van der Waals surface area contributed by atoms with Gasteiger partial charge in [-0.2, -0.15) is 0 Å². The number of ether oxygens (including phenoxy) is 1. The molecule has 1 aliphatic rings. The average Bonchev–Trinajstić information content (AvgIpc) is 3.15. The summed E-state index contributed by atoms with van der Waals surface area (Å²) in [6.07, 6.45) is -0.515. The zero-order valence-corrected chi connectivity index (χ0v) is 20.4. The highest BCUT2D eigenvalue weighted by Gasteiger charge is 2.35. The minimum Gasteiger partial charge on any atom is -0.484 e. The van der Waals surface area contributed by atoms with Gasteiger partial charge in [0.05, 0.1) is 12.0 Å². The second-order valence-electron chi connectivity index (χ2n) is 8.24. The summed E-state index contributed by atoms with van der Waals surface area (Å²) in [5.41, 5.74) is 3.32. The van der Waals surface area contributed by atoms with Crippen LogP contribution in [0.2, 0.25) is 0 Å². The number of carbonyl (C=O) groups is 3. The number of hydrogen-bond acceptors (Lipinski definition) is 5. The Kier molecular flexibility index (Phi) is 8.10. The topological polar surface area (TPSA) is 108 Å². The van der Waals surface area contributed by atoms with E-state index in [4.69, 9.17) is 4.74 Å². The van der Waals surface area contributed by atoms with Gasteiger partial charge in [-0.15, -0.1) is 0 Å². The molecule has 9 heteroatoms. The van der Waals surface area contributed by atoms with Crippen LogP contribution in [0.3, 0.4) is 0 Å². The van der Waals surface area contributed by atoms with Crippen LogP contribution in [0.4, 0.5) is 11.4 Å². The Morgan fingerprint density at radius 1 is 1.21 bits per heavy atom. The van der Waals surface area contributed by atoms with Crippen molar-refractivity contribution in [2.45, 2.75) is 33.3 Å². The number of aliphatic hydroxyl groups excluding tert-OH is 1. The minimum atomic E-state index is -0.639. The Balaban J connectivity index is 1.54. The van der Waals surface area contributed by atoms with E-state index >= 15 is 0 Å². The summed E-state index contributed by atoms with van der Waals surface area (Å²) in [6, 6.07) is 10.7. The highest BCUT2D eigenvalue weighted by Crippen LogP contribution is 2.27. The largest absolute Gasteiger partial charge is 0.484 e. The van der Waals surface area contributed by atoms with Gasteiger partial charge in [0, 0.05) is 35.4 Å². The first-order valence-corrected chi connectivity index (χ1v) is 11.5. The molecule has 2 aromatic rings. The summed E-state index contributed by atoms with van der Waals surface area (Å²) in [5.74, 6) is -0.611. The molecule has 0 bridgehead atoms. The maximum atomic E-state index is 12.4. The summed E-state index contributed by atoms with van der Waals surface area (Å²) in [4.78, 5) is 38.5. The first-order chi connectivity index (χ1) is 15.6. The number of amides is 3. The SMILES string of the molecule is Cc1cc(Br)cc(C)c1NC(=O)COc1ccc(N2C[C@@H](C(=O)NC[C@H](C)O)CC2=O)cc1. The summed E-state index contributed by atoms with van der Waals surface area (Å²) >= 11 is 3.44. The van der Waals surface area contributed by atoms with Gasteiger partial charge < -0.3 is 25.4 Å². The molecule has 0 aliphatic carbocycles. The molecule has 8 nitrogen and oxygen atoms in total. The maximum Gasteiger partial charge on any atom is 0.262 e. The van der Waals surface area contributed by atoms with Gasteiger partial charge in [-0.3, -0.25) is 14.4 Å². The van der Waals surface area contributed by atoms with Gasteiger partial charge in [-0.1, -0.05) is 15.9 Å². The zero-order valence-electron chi connectivity index (χ0n) is 18.9. The predicted octanol–water partition coefficient (Wildman–Crippen LogP) is 2.93. The fourth-order valence-electron chi connectivity index (χ4n) is 3.68. The van der Waals surface area contributed by atoms with Crippen LogP contribution >= 0.6 is 15.9 Å². The van der Waals surface area contributed by atoms with E-state index in [2.05, 4.69) is 26.6 Å². The fraction of sp³-hybridized carbons (Fsp3) is 0.375. The lowest BCUT2D eigenvalue weighted by Crippen LogP contribution is -2.36. The van der Waals surface area contributed by atoms with E-state index in [1.54, 1.807) is 36.1 Å². The van der Waals surface area contributed by atoms with Crippen molar-refractivity contribution < 1.29 is 24.2 Å². The molecule has 1 heterocycles. The summed E-state index contributed by atoms with van der Waals surface area (Å²) in [5, 5.41) is 14.8. The van der Waals surface area contributed by atoms with Crippen LogP contribution in [0, 0.1) is 19.8 Å². The molecule has 2 aromatic carbocycles. The van der Waals surface area contributed by atoms with E-state index in [0.717, 1.165) is 21.3 Å². The van der Waals surface area contributed by atoms with E-state index in [1.807, 2.05) is 26.0 Å². The summed E-state index contributed by atoms with van der Waals surface area (Å²) in [7, 11) is 0. The number of carbonyl (C=O) groups excluding carboxylic acids is 3. The molecule has 1 fully saturated rings. The molecule has 3 N–H and O–H groups in total. The van der Waals surface area contributed by atoms with Gasteiger partial charge in [0.2, 0.25) is 11.8 Å². The zero-order chi connectivity index (χ0) is 24.1. The van der Waals surface area contributed by atoms with E-state index in [-0.39, 0.29) is 43.8 Å². The lowest BCUT2D eigenvalue weighted by atomic mass is 10.1. The van der Waals surface area contributed by atoms with Crippen LogP contribution in [0.25, 0.3) is 0 Å². The molecule has 0 saturated carbocycles. The molecule has 1 aliphatic heterocycles. The van der Waals surface area contributed by atoms with Crippen molar-refractivity contribution in [2.24, 2.45) is 5.92 Å². The number of anilines is 2. The number of benzene rings is 2. The standard InChI is InChI=1S/C24H28BrN3O5/c1-14-8-18(25)9-15(2)23(14)27-21(30)13-33-20-6-4-19(5-7-20)28-12-17(10-22(28)31)24(32)26-11-16(3)29/h4-9,16-17,29H,10-13H2,1-3H3,(H,26,32)(H,27,30)/t16-,17-/m0/s1. The molecular formula is C24H28BrN3O5. The Hall–Kier alpha value is -2.91. The van der Waals surface area contributed by atoms with Gasteiger partial charge >= 0.3 is 0 Å². The third-order valence-electron chi connectivity index (χ3n) is 5.35. The molecular weight excluding hydrogens is 490 g/mol. The van der Waals surface area contributed by atoms with Crippen molar-refractivity contribution in [1.82, 2.24) is 5.32 Å². The van der Waals surface area contributed by atoms with Crippen molar-refractivity contribution in [3.8, 4) is 5.75 Å². The van der Waals surface area contributed by atoms with E-state index in [1.165, 1.54) is 0 Å². The first-order valence-electron chi connectivity index (χ1n) is 10.7. The minimum absolute atomic E-state index is 0.124. The van der Waals surface area contributed by atoms with Crippen LogP contribution in [0.1, 0.15) is 24.5 Å². The highest BCUT2D eigenvalue weighted by atomic mass is 79.9. The van der Waals surface area contributed by atoms with Gasteiger partial charge in [-0.25, -0.2) is 0 Å². The van der Waals surface area contributed by atoms with Crippen molar-refractivity contribution in [3.05, 3.63) is 52.0 Å². The number of aryl methyl sites for hydroxylation is 2. The van der Waals surface area contributed by atoms with E-state index in [0.29, 0.717) is 11.4 Å². The highest BCUT2D eigenvalue weighted by molar-refractivity contribution is 9.10. The monoisotopic (exact) mass is 517 g/mol. The lowest BCUT2D eigenvalue weighted by Gasteiger charge is -2.17. The molecule has 0 aromatic heterocycles. The van der Waals surface area contributed by atoms with Crippen LogP contribution in [-0.4, -0.2) is 48.6 Å². The normalized spacial score (nSPS) is 16.5. The summed E-state index contributed by atoms with van der Waals surface area (Å²) in [6.45, 7) is 5.72. The third kappa shape index (κ3) is 6.55. The molecule has 2 atom stereocenters. The van der Waals surface area contributed by atoms with E-state index in [9.17, 15) is 19.5 Å². The maximum absolute atomic E-state index is 12.4. The Morgan fingerprint density at radius 3 is 2.45 bits per heavy atom. The Bertz CT molecular complexity index is 1020. The van der Waals surface area contributed by atoms with Gasteiger partial charge in [0.15, 0.2) is 6.61 Å². The van der Waals surface area contributed by atoms with Crippen molar-refractivity contribution >= 4 is 45.0 Å². The average molecular weight is 518 g/mol. The molecule has 1 saturated heterocycles. The van der Waals surface area contributed by atoms with Gasteiger partial charge in [-0.05, 0) is 68.3 Å². The molecule has 176 valence electrons. The first kappa shape index (κ1) is 24.7. The fourth-order valence-corrected chi connectivity index (χ4v) is 4.37. The molecule has 3 amide bonds. The van der Waals surface area contributed by atoms with Crippen molar-refractivity contribution in [1.29, 1.82) is 0 Å². The van der Waals surface area contributed by atoms with Gasteiger partial charge in [0.25, 0.3) is 5.91 Å². The molecule has 0 radical (unpaired) electrons. The number of nitrogens with one attached hydrogen (secondary N) is 2. The molecule has 0 unspecified atom stereocenters.